The normalized spacial score (nSPS) is 10.4. The molecule has 0 unspecified atom stereocenters. The summed E-state index contributed by atoms with van der Waals surface area (Å²) in [6.07, 6.45) is 5.13. The van der Waals surface area contributed by atoms with E-state index in [1.54, 1.807) is 25.6 Å². The van der Waals surface area contributed by atoms with Crippen molar-refractivity contribution in [1.82, 2.24) is 14.9 Å². The van der Waals surface area contributed by atoms with Gasteiger partial charge in [-0.2, -0.15) is 0 Å². The Morgan fingerprint density at radius 3 is 2.95 bits per heavy atom. The number of halogens is 1. The molecular weight excluding hydrogens is 247 g/mol. The summed E-state index contributed by atoms with van der Waals surface area (Å²) in [6.45, 7) is 2.62. The van der Waals surface area contributed by atoms with Gasteiger partial charge in [0.2, 0.25) is 0 Å². The lowest BCUT2D eigenvalue weighted by molar-refractivity contribution is 0.0952. The predicted octanol–water partition coefficient (Wildman–Crippen LogP) is 1.34. The van der Waals surface area contributed by atoms with Crippen molar-refractivity contribution in [3.63, 3.8) is 0 Å². The van der Waals surface area contributed by atoms with Crippen LogP contribution < -0.4 is 11.1 Å². The molecule has 0 saturated heterocycles. The highest BCUT2D eigenvalue weighted by Gasteiger charge is 2.10. The van der Waals surface area contributed by atoms with Crippen molar-refractivity contribution in [3.05, 3.63) is 47.8 Å². The largest absolute Gasteiger partial charge is 0.398 e. The number of hydrogen-bond donors (Lipinski definition) is 2. The fourth-order valence-corrected chi connectivity index (χ4v) is 1.65. The van der Waals surface area contributed by atoms with E-state index in [-0.39, 0.29) is 17.2 Å². The van der Waals surface area contributed by atoms with Crippen LogP contribution in [0.3, 0.4) is 0 Å². The molecule has 19 heavy (non-hydrogen) atoms. The van der Waals surface area contributed by atoms with Crippen LogP contribution in [-0.4, -0.2) is 22.0 Å². The molecule has 6 heteroatoms. The zero-order valence-corrected chi connectivity index (χ0v) is 10.6. The van der Waals surface area contributed by atoms with Gasteiger partial charge in [-0.1, -0.05) is 0 Å². The predicted molar refractivity (Wildman–Crippen MR) is 70.1 cm³/mol. The molecule has 0 atom stereocenters. The third-order valence-electron chi connectivity index (χ3n) is 2.86. The minimum atomic E-state index is -0.472. The first-order chi connectivity index (χ1) is 9.08. The number of aromatic nitrogens is 2. The zero-order chi connectivity index (χ0) is 13.8. The van der Waals surface area contributed by atoms with E-state index in [1.165, 1.54) is 12.1 Å². The maximum atomic E-state index is 13.5. The van der Waals surface area contributed by atoms with Crippen molar-refractivity contribution < 1.29 is 9.18 Å². The van der Waals surface area contributed by atoms with Crippen LogP contribution in [0.25, 0.3) is 0 Å². The van der Waals surface area contributed by atoms with Crippen LogP contribution in [0.5, 0.6) is 0 Å². The Bertz CT molecular complexity index is 557. The number of rotatable bonds is 4. The summed E-state index contributed by atoms with van der Waals surface area (Å²) in [5, 5.41) is 2.70. The molecule has 0 radical (unpaired) electrons. The van der Waals surface area contributed by atoms with E-state index in [4.69, 9.17) is 5.73 Å². The van der Waals surface area contributed by atoms with Gasteiger partial charge in [-0.3, -0.25) is 4.79 Å². The molecule has 0 bridgehead atoms. The van der Waals surface area contributed by atoms with Crippen molar-refractivity contribution in [2.24, 2.45) is 0 Å². The van der Waals surface area contributed by atoms with Crippen LogP contribution >= 0.6 is 0 Å². The molecule has 1 heterocycles. The first-order valence-corrected chi connectivity index (χ1v) is 5.87. The number of amides is 1. The van der Waals surface area contributed by atoms with E-state index in [9.17, 15) is 9.18 Å². The van der Waals surface area contributed by atoms with Gasteiger partial charge in [-0.05, 0) is 19.1 Å². The quantitative estimate of drug-likeness (QED) is 0.817. The van der Waals surface area contributed by atoms with Gasteiger partial charge in [-0.15, -0.1) is 0 Å². The molecule has 5 nitrogen and oxygen atoms in total. The minimum Gasteiger partial charge on any atom is -0.398 e. The second-order valence-electron chi connectivity index (χ2n) is 4.23. The number of nitrogens with zero attached hydrogens (tertiary/aromatic N) is 2. The van der Waals surface area contributed by atoms with E-state index < -0.39 is 5.82 Å². The Morgan fingerprint density at radius 2 is 2.32 bits per heavy atom. The number of carbonyl (C=O) groups excluding carboxylic acids is 1. The van der Waals surface area contributed by atoms with Gasteiger partial charge in [-0.25, -0.2) is 9.37 Å². The molecule has 0 spiro atoms. The number of nitrogens with two attached hydrogens (primary N) is 1. The Balaban J connectivity index is 1.96. The fourth-order valence-electron chi connectivity index (χ4n) is 1.65. The van der Waals surface area contributed by atoms with Gasteiger partial charge in [0.1, 0.15) is 5.82 Å². The van der Waals surface area contributed by atoms with Gasteiger partial charge < -0.3 is 15.6 Å². The molecule has 0 aliphatic carbocycles. The van der Waals surface area contributed by atoms with Crippen molar-refractivity contribution in [1.29, 1.82) is 0 Å². The second kappa shape index (κ2) is 5.51. The van der Waals surface area contributed by atoms with E-state index in [1.807, 2.05) is 4.57 Å². The fraction of sp³-hybridized carbons (Fsp3) is 0.231. The number of imidazole rings is 1. The Labute approximate surface area is 110 Å². The van der Waals surface area contributed by atoms with Crippen LogP contribution in [0, 0.1) is 12.7 Å². The topological polar surface area (TPSA) is 72.9 Å². The van der Waals surface area contributed by atoms with E-state index >= 15 is 0 Å². The van der Waals surface area contributed by atoms with Gasteiger partial charge in [0.25, 0.3) is 5.91 Å². The summed E-state index contributed by atoms with van der Waals surface area (Å²) < 4.78 is 15.3. The summed E-state index contributed by atoms with van der Waals surface area (Å²) in [5.74, 6) is -0.814. The number of anilines is 1. The lowest BCUT2D eigenvalue weighted by atomic mass is 10.1. The Hall–Kier alpha value is -2.37. The number of nitrogen functional groups attached to an aromatic ring is 1. The monoisotopic (exact) mass is 262 g/mol. The molecule has 0 saturated carbocycles. The molecular formula is C13H15FN4O. The smallest absolute Gasteiger partial charge is 0.251 e. The van der Waals surface area contributed by atoms with Crippen molar-refractivity contribution in [3.8, 4) is 0 Å². The van der Waals surface area contributed by atoms with Crippen molar-refractivity contribution in [2.75, 3.05) is 12.3 Å². The SMILES string of the molecule is Cc1c(N)cc(C(=O)NCCn2ccnc2)cc1F. The zero-order valence-electron chi connectivity index (χ0n) is 10.6. The highest BCUT2D eigenvalue weighted by Crippen LogP contribution is 2.17. The van der Waals surface area contributed by atoms with Gasteiger partial charge in [0.05, 0.1) is 6.33 Å². The van der Waals surface area contributed by atoms with Crippen LogP contribution in [-0.2, 0) is 6.54 Å². The summed E-state index contributed by atoms with van der Waals surface area (Å²) in [7, 11) is 0. The van der Waals surface area contributed by atoms with E-state index in [0.717, 1.165) is 0 Å². The highest BCUT2D eigenvalue weighted by molar-refractivity contribution is 5.95. The van der Waals surface area contributed by atoms with Crippen molar-refractivity contribution in [2.45, 2.75) is 13.5 Å². The van der Waals surface area contributed by atoms with Crippen LogP contribution in [0.4, 0.5) is 10.1 Å². The number of benzene rings is 1. The van der Waals surface area contributed by atoms with Crippen LogP contribution in [0.1, 0.15) is 15.9 Å². The lowest BCUT2D eigenvalue weighted by Crippen LogP contribution is -2.27. The molecule has 0 aliphatic heterocycles. The molecule has 0 fully saturated rings. The molecule has 1 aromatic carbocycles. The third kappa shape index (κ3) is 3.09. The Morgan fingerprint density at radius 1 is 1.53 bits per heavy atom. The minimum absolute atomic E-state index is 0.228. The van der Waals surface area contributed by atoms with E-state index in [2.05, 4.69) is 10.3 Å². The third-order valence-corrected chi connectivity index (χ3v) is 2.86. The number of nitrogens with one attached hydrogen (secondary N) is 1. The maximum Gasteiger partial charge on any atom is 0.251 e. The summed E-state index contributed by atoms with van der Waals surface area (Å²) in [6, 6.07) is 2.67. The summed E-state index contributed by atoms with van der Waals surface area (Å²) >= 11 is 0. The van der Waals surface area contributed by atoms with Gasteiger partial charge in [0.15, 0.2) is 0 Å². The molecule has 2 rings (SSSR count). The molecule has 1 amide bonds. The van der Waals surface area contributed by atoms with E-state index in [0.29, 0.717) is 18.7 Å². The van der Waals surface area contributed by atoms with Gasteiger partial charge >= 0.3 is 0 Å². The number of hydrogen-bond acceptors (Lipinski definition) is 3. The second-order valence-corrected chi connectivity index (χ2v) is 4.23. The van der Waals surface area contributed by atoms with Gasteiger partial charge in [0, 0.05) is 42.3 Å². The molecule has 1 aromatic heterocycles. The average molecular weight is 262 g/mol. The lowest BCUT2D eigenvalue weighted by Gasteiger charge is -2.08. The Kier molecular flexibility index (Phi) is 3.79. The summed E-state index contributed by atoms with van der Waals surface area (Å²) in [5.41, 5.74) is 6.49. The highest BCUT2D eigenvalue weighted by atomic mass is 19.1. The first-order valence-electron chi connectivity index (χ1n) is 5.87. The standard InChI is InChI=1S/C13H15FN4O/c1-9-11(14)6-10(7-12(9)15)13(19)17-3-5-18-4-2-16-8-18/h2,4,6-8H,3,5,15H2,1H3,(H,17,19). The first kappa shape index (κ1) is 13.1. The molecule has 0 aliphatic rings. The van der Waals surface area contributed by atoms with Crippen molar-refractivity contribution >= 4 is 11.6 Å². The molecule has 2 aromatic rings. The van der Waals surface area contributed by atoms with Crippen LogP contribution in [0.15, 0.2) is 30.9 Å². The average Bonchev–Trinajstić information content (AvgIpc) is 2.88. The number of carbonyl (C=O) groups is 1. The van der Waals surface area contributed by atoms with Crippen LogP contribution in [0.2, 0.25) is 0 Å². The molecule has 3 N–H and O–H groups in total. The summed E-state index contributed by atoms with van der Waals surface area (Å²) in [4.78, 5) is 15.7. The molecule has 100 valence electrons. The maximum absolute atomic E-state index is 13.5.